The number of rotatable bonds is 3. The molecule has 0 fully saturated rings. The van der Waals surface area contributed by atoms with Gasteiger partial charge in [0.05, 0.1) is 4.88 Å². The Hall–Kier alpha value is -3.33. The summed E-state index contributed by atoms with van der Waals surface area (Å²) >= 11 is 1.57. The van der Waals surface area contributed by atoms with Gasteiger partial charge in [-0.3, -0.25) is 4.79 Å². The molecule has 0 spiro atoms. The molecule has 27 heavy (non-hydrogen) atoms. The van der Waals surface area contributed by atoms with Crippen LogP contribution in [0.2, 0.25) is 0 Å². The summed E-state index contributed by atoms with van der Waals surface area (Å²) in [5, 5.41) is 24.0. The SMILES string of the molecule is CCc1ccc([C@@H]2c3c(-c4cccs4)n[nH]c(=O)c3Nc3nnnn32)cc1. The van der Waals surface area contributed by atoms with Gasteiger partial charge >= 0.3 is 0 Å². The van der Waals surface area contributed by atoms with Crippen molar-refractivity contribution >= 4 is 23.0 Å². The molecule has 2 N–H and O–H groups in total. The van der Waals surface area contributed by atoms with Gasteiger partial charge in [0, 0.05) is 5.56 Å². The summed E-state index contributed by atoms with van der Waals surface area (Å²) in [6, 6.07) is 11.9. The van der Waals surface area contributed by atoms with E-state index >= 15 is 0 Å². The minimum atomic E-state index is -0.343. The molecule has 1 aliphatic heterocycles. The van der Waals surface area contributed by atoms with Gasteiger partial charge in [-0.25, -0.2) is 5.10 Å². The molecule has 0 unspecified atom stereocenters. The highest BCUT2D eigenvalue weighted by atomic mass is 32.1. The maximum absolute atomic E-state index is 12.5. The highest BCUT2D eigenvalue weighted by molar-refractivity contribution is 7.13. The maximum atomic E-state index is 12.5. The lowest BCUT2D eigenvalue weighted by Gasteiger charge is -2.27. The molecule has 1 aromatic carbocycles. The molecule has 1 aliphatic rings. The number of anilines is 2. The molecule has 1 atom stereocenters. The average molecular weight is 377 g/mol. The van der Waals surface area contributed by atoms with E-state index in [0.29, 0.717) is 11.6 Å². The van der Waals surface area contributed by atoms with Gasteiger partial charge < -0.3 is 5.32 Å². The monoisotopic (exact) mass is 377 g/mol. The van der Waals surface area contributed by atoms with Crippen molar-refractivity contribution in [2.24, 2.45) is 0 Å². The highest BCUT2D eigenvalue weighted by Crippen LogP contribution is 2.41. The summed E-state index contributed by atoms with van der Waals surface area (Å²) in [7, 11) is 0. The third-order valence-electron chi connectivity index (χ3n) is 4.73. The fourth-order valence-electron chi connectivity index (χ4n) is 3.38. The molecule has 134 valence electrons. The number of aromatic amines is 1. The smallest absolute Gasteiger partial charge is 0.288 e. The molecule has 0 radical (unpaired) electrons. The molecule has 0 saturated heterocycles. The molecule has 4 heterocycles. The topological polar surface area (TPSA) is 101 Å². The van der Waals surface area contributed by atoms with Crippen LogP contribution in [0.25, 0.3) is 10.6 Å². The van der Waals surface area contributed by atoms with Gasteiger partial charge in [0.1, 0.15) is 17.4 Å². The predicted octanol–water partition coefficient (Wildman–Crippen LogP) is 2.74. The van der Waals surface area contributed by atoms with Crippen LogP contribution in [-0.4, -0.2) is 30.4 Å². The first-order chi connectivity index (χ1) is 13.3. The molecule has 0 amide bonds. The molecular weight excluding hydrogens is 362 g/mol. The number of tetrazole rings is 1. The van der Waals surface area contributed by atoms with E-state index < -0.39 is 0 Å². The van der Waals surface area contributed by atoms with Crippen molar-refractivity contribution in [3.63, 3.8) is 0 Å². The first kappa shape index (κ1) is 15.9. The fourth-order valence-corrected chi connectivity index (χ4v) is 4.11. The van der Waals surface area contributed by atoms with E-state index in [1.54, 1.807) is 16.0 Å². The zero-order chi connectivity index (χ0) is 18.4. The third-order valence-corrected chi connectivity index (χ3v) is 5.60. The van der Waals surface area contributed by atoms with Crippen LogP contribution in [-0.2, 0) is 6.42 Å². The number of nitrogens with one attached hydrogen (secondary N) is 2. The fraction of sp³-hybridized carbons (Fsp3) is 0.167. The van der Waals surface area contributed by atoms with Crippen LogP contribution in [0.4, 0.5) is 11.6 Å². The van der Waals surface area contributed by atoms with Gasteiger partial charge in [0.2, 0.25) is 5.95 Å². The van der Waals surface area contributed by atoms with Crippen LogP contribution in [0, 0.1) is 0 Å². The molecule has 8 nitrogen and oxygen atoms in total. The van der Waals surface area contributed by atoms with E-state index in [1.807, 2.05) is 17.5 Å². The van der Waals surface area contributed by atoms with E-state index in [1.165, 1.54) is 5.56 Å². The van der Waals surface area contributed by atoms with E-state index in [-0.39, 0.29) is 11.6 Å². The van der Waals surface area contributed by atoms with Gasteiger partial charge in [-0.2, -0.15) is 9.78 Å². The van der Waals surface area contributed by atoms with E-state index in [4.69, 9.17) is 0 Å². The third kappa shape index (κ3) is 2.47. The van der Waals surface area contributed by atoms with Crippen molar-refractivity contribution in [1.29, 1.82) is 0 Å². The van der Waals surface area contributed by atoms with Crippen LogP contribution in [0.15, 0.2) is 46.6 Å². The number of nitrogens with zero attached hydrogens (tertiary/aromatic N) is 5. The van der Waals surface area contributed by atoms with Crippen molar-refractivity contribution in [3.8, 4) is 10.6 Å². The normalized spacial score (nSPS) is 15.1. The zero-order valence-corrected chi connectivity index (χ0v) is 15.2. The zero-order valence-electron chi connectivity index (χ0n) is 14.4. The Bertz CT molecular complexity index is 1160. The highest BCUT2D eigenvalue weighted by Gasteiger charge is 2.34. The Morgan fingerprint density at radius 1 is 1.22 bits per heavy atom. The largest absolute Gasteiger partial charge is 0.318 e. The summed E-state index contributed by atoms with van der Waals surface area (Å²) in [5.74, 6) is 0.431. The number of H-pyrrole nitrogens is 1. The number of hydrogen-bond donors (Lipinski definition) is 2. The number of fused-ring (bicyclic) bond motifs is 2. The Morgan fingerprint density at radius 3 is 2.81 bits per heavy atom. The van der Waals surface area contributed by atoms with Crippen molar-refractivity contribution in [2.75, 3.05) is 5.32 Å². The number of aromatic nitrogens is 6. The summed E-state index contributed by atoms with van der Waals surface area (Å²) < 4.78 is 1.70. The van der Waals surface area contributed by atoms with Crippen molar-refractivity contribution in [1.82, 2.24) is 30.4 Å². The van der Waals surface area contributed by atoms with Gasteiger partial charge in [0.25, 0.3) is 5.56 Å². The van der Waals surface area contributed by atoms with E-state index in [2.05, 4.69) is 62.2 Å². The Balaban J connectivity index is 1.79. The molecule has 5 rings (SSSR count). The Morgan fingerprint density at radius 2 is 2.07 bits per heavy atom. The first-order valence-electron chi connectivity index (χ1n) is 8.56. The van der Waals surface area contributed by atoms with E-state index in [0.717, 1.165) is 28.1 Å². The molecule has 3 aromatic heterocycles. The molecular formula is C18H15N7OS. The number of aryl methyl sites for hydroxylation is 1. The second kappa shape index (κ2) is 6.13. The Kier molecular flexibility index (Phi) is 3.61. The Labute approximate surface area is 157 Å². The first-order valence-corrected chi connectivity index (χ1v) is 9.44. The van der Waals surface area contributed by atoms with Crippen LogP contribution < -0.4 is 10.9 Å². The quantitative estimate of drug-likeness (QED) is 0.501. The van der Waals surface area contributed by atoms with Gasteiger partial charge in [0.15, 0.2) is 0 Å². The molecule has 0 saturated carbocycles. The second-order valence-electron chi connectivity index (χ2n) is 6.24. The van der Waals surface area contributed by atoms with Gasteiger partial charge in [-0.1, -0.05) is 42.4 Å². The number of benzene rings is 1. The van der Waals surface area contributed by atoms with Crippen molar-refractivity contribution in [2.45, 2.75) is 19.4 Å². The van der Waals surface area contributed by atoms with Crippen LogP contribution >= 0.6 is 11.3 Å². The number of thiophene rings is 1. The predicted molar refractivity (Wildman–Crippen MR) is 102 cm³/mol. The van der Waals surface area contributed by atoms with Crippen LogP contribution in [0.1, 0.15) is 29.7 Å². The average Bonchev–Trinajstić information content (AvgIpc) is 3.39. The number of hydrogen-bond acceptors (Lipinski definition) is 7. The van der Waals surface area contributed by atoms with Crippen molar-refractivity contribution < 1.29 is 0 Å². The summed E-state index contributed by atoms with van der Waals surface area (Å²) in [6.07, 6.45) is 0.959. The van der Waals surface area contributed by atoms with Crippen LogP contribution in [0.5, 0.6) is 0 Å². The summed E-state index contributed by atoms with van der Waals surface area (Å²) in [6.45, 7) is 2.12. The lowest BCUT2D eigenvalue weighted by molar-refractivity contribution is 0.567. The molecule has 9 heteroatoms. The summed E-state index contributed by atoms with van der Waals surface area (Å²) in [5.41, 5.74) is 3.86. The lowest BCUT2D eigenvalue weighted by atomic mass is 9.93. The summed E-state index contributed by atoms with van der Waals surface area (Å²) in [4.78, 5) is 13.5. The lowest BCUT2D eigenvalue weighted by Crippen LogP contribution is -2.29. The maximum Gasteiger partial charge on any atom is 0.288 e. The standard InChI is InChI=1S/C18H15N7OS/c1-2-10-5-7-11(8-6-10)16-13-14(12-4-3-9-27-12)20-21-17(26)15(13)19-18-22-23-24-25(16)18/h3-9,16H,2H2,1H3,(H,21,26)(H,19,22,24)/t16-/m1/s1. The molecule has 0 aliphatic carbocycles. The van der Waals surface area contributed by atoms with Gasteiger partial charge in [-0.15, -0.1) is 11.3 Å². The second-order valence-corrected chi connectivity index (χ2v) is 7.18. The minimum absolute atomic E-state index is 0.297. The minimum Gasteiger partial charge on any atom is -0.318 e. The van der Waals surface area contributed by atoms with Gasteiger partial charge in [-0.05, 0) is 39.4 Å². The molecule has 4 aromatic rings. The van der Waals surface area contributed by atoms with Crippen molar-refractivity contribution in [3.05, 3.63) is 68.8 Å². The van der Waals surface area contributed by atoms with Crippen LogP contribution in [0.3, 0.4) is 0 Å². The molecule has 0 bridgehead atoms. The van der Waals surface area contributed by atoms with E-state index in [9.17, 15) is 4.79 Å².